The SMILES string of the molecule is NC1CN(c2ccc3c(c2)C(Cc2ccccc2)C(N2CCC2)CC3)C1. The first-order valence-corrected chi connectivity index (χ1v) is 10.2. The molecule has 2 unspecified atom stereocenters. The summed E-state index contributed by atoms with van der Waals surface area (Å²) in [7, 11) is 0. The van der Waals surface area contributed by atoms with E-state index in [-0.39, 0.29) is 0 Å². The predicted octanol–water partition coefficient (Wildman–Crippen LogP) is 3.18. The van der Waals surface area contributed by atoms with Crippen molar-refractivity contribution in [1.82, 2.24) is 4.90 Å². The van der Waals surface area contributed by atoms with Crippen LogP contribution in [0.25, 0.3) is 0 Å². The number of nitrogens with zero attached hydrogens (tertiary/aromatic N) is 2. The van der Waals surface area contributed by atoms with Gasteiger partial charge >= 0.3 is 0 Å². The third-order valence-electron chi connectivity index (χ3n) is 6.64. The zero-order valence-corrected chi connectivity index (χ0v) is 15.5. The summed E-state index contributed by atoms with van der Waals surface area (Å²) in [5.41, 5.74) is 12.0. The van der Waals surface area contributed by atoms with Gasteiger partial charge in [0, 0.05) is 36.8 Å². The van der Waals surface area contributed by atoms with Crippen LogP contribution in [0.3, 0.4) is 0 Å². The van der Waals surface area contributed by atoms with Crippen molar-refractivity contribution in [3.05, 3.63) is 65.2 Å². The van der Waals surface area contributed by atoms with E-state index in [4.69, 9.17) is 5.73 Å². The Hall–Kier alpha value is -1.84. The van der Waals surface area contributed by atoms with Gasteiger partial charge in [0.15, 0.2) is 0 Å². The molecule has 0 aromatic heterocycles. The number of rotatable bonds is 4. The summed E-state index contributed by atoms with van der Waals surface area (Å²) in [6, 6.07) is 19.3. The van der Waals surface area contributed by atoms with Gasteiger partial charge in [0.25, 0.3) is 0 Å². The highest BCUT2D eigenvalue weighted by Gasteiger charge is 2.36. The number of likely N-dealkylation sites (tertiary alicyclic amines) is 1. The lowest BCUT2D eigenvalue weighted by molar-refractivity contribution is 0.0877. The quantitative estimate of drug-likeness (QED) is 0.922. The average Bonchev–Trinajstić information content (AvgIpc) is 2.60. The van der Waals surface area contributed by atoms with Crippen molar-refractivity contribution >= 4 is 5.69 Å². The van der Waals surface area contributed by atoms with Gasteiger partial charge in [-0.2, -0.15) is 0 Å². The molecule has 2 aliphatic heterocycles. The molecule has 2 atom stereocenters. The summed E-state index contributed by atoms with van der Waals surface area (Å²) in [5, 5.41) is 0. The van der Waals surface area contributed by atoms with E-state index in [9.17, 15) is 0 Å². The summed E-state index contributed by atoms with van der Waals surface area (Å²) >= 11 is 0. The van der Waals surface area contributed by atoms with Gasteiger partial charge in [-0.3, -0.25) is 4.90 Å². The summed E-state index contributed by atoms with van der Waals surface area (Å²) in [6.07, 6.45) is 5.05. The maximum Gasteiger partial charge on any atom is 0.0395 e. The van der Waals surface area contributed by atoms with Gasteiger partial charge in [-0.05, 0) is 67.6 Å². The minimum absolute atomic E-state index is 0.347. The van der Waals surface area contributed by atoms with E-state index in [0.29, 0.717) is 18.0 Å². The zero-order chi connectivity index (χ0) is 17.5. The van der Waals surface area contributed by atoms with Crippen molar-refractivity contribution < 1.29 is 0 Å². The second-order valence-corrected chi connectivity index (χ2v) is 8.34. The Bertz CT molecular complexity index is 762. The molecular formula is C23H29N3. The van der Waals surface area contributed by atoms with Crippen molar-refractivity contribution in [2.24, 2.45) is 5.73 Å². The van der Waals surface area contributed by atoms with Crippen LogP contribution in [0.5, 0.6) is 0 Å². The zero-order valence-electron chi connectivity index (χ0n) is 15.5. The topological polar surface area (TPSA) is 32.5 Å². The van der Waals surface area contributed by atoms with Crippen molar-refractivity contribution in [3.8, 4) is 0 Å². The molecule has 3 heteroatoms. The average molecular weight is 348 g/mol. The molecular weight excluding hydrogens is 318 g/mol. The van der Waals surface area contributed by atoms with Gasteiger partial charge < -0.3 is 10.6 Å². The van der Waals surface area contributed by atoms with E-state index in [0.717, 1.165) is 19.5 Å². The second-order valence-electron chi connectivity index (χ2n) is 8.34. The highest BCUT2D eigenvalue weighted by molar-refractivity contribution is 5.55. The molecule has 2 fully saturated rings. The summed E-state index contributed by atoms with van der Waals surface area (Å²) < 4.78 is 0. The van der Waals surface area contributed by atoms with E-state index in [1.807, 2.05) is 0 Å². The lowest BCUT2D eigenvalue weighted by Gasteiger charge is -2.46. The van der Waals surface area contributed by atoms with Crippen molar-refractivity contribution in [1.29, 1.82) is 0 Å². The molecule has 2 heterocycles. The van der Waals surface area contributed by atoms with Gasteiger partial charge in [-0.25, -0.2) is 0 Å². The lowest BCUT2D eigenvalue weighted by atomic mass is 9.74. The number of nitrogens with two attached hydrogens (primary N) is 1. The third-order valence-corrected chi connectivity index (χ3v) is 6.64. The predicted molar refractivity (Wildman–Crippen MR) is 108 cm³/mol. The monoisotopic (exact) mass is 347 g/mol. The molecule has 0 spiro atoms. The number of anilines is 1. The molecule has 0 amide bonds. The van der Waals surface area contributed by atoms with E-state index >= 15 is 0 Å². The molecule has 1 aliphatic carbocycles. The molecule has 2 aromatic rings. The van der Waals surface area contributed by atoms with Crippen LogP contribution >= 0.6 is 0 Å². The number of hydrogen-bond acceptors (Lipinski definition) is 3. The molecule has 136 valence electrons. The fraction of sp³-hybridized carbons (Fsp3) is 0.478. The first-order valence-electron chi connectivity index (χ1n) is 10.2. The smallest absolute Gasteiger partial charge is 0.0395 e. The Labute approximate surface area is 156 Å². The fourth-order valence-corrected chi connectivity index (χ4v) is 5.01. The van der Waals surface area contributed by atoms with Gasteiger partial charge in [-0.1, -0.05) is 36.4 Å². The standard InChI is InChI=1S/C23H29N3/c24-19-15-26(16-19)20-9-7-18-8-10-23(25-11-4-12-25)22(21(18)14-20)13-17-5-2-1-3-6-17/h1-3,5-7,9,14,19,22-23H,4,8,10-13,15-16,24H2. The molecule has 3 nitrogen and oxygen atoms in total. The molecule has 2 N–H and O–H groups in total. The van der Waals surface area contributed by atoms with Crippen LogP contribution in [-0.4, -0.2) is 43.2 Å². The number of aryl methyl sites for hydroxylation is 1. The van der Waals surface area contributed by atoms with Gasteiger partial charge in [0.05, 0.1) is 0 Å². The largest absolute Gasteiger partial charge is 0.368 e. The third kappa shape index (κ3) is 2.93. The summed E-state index contributed by atoms with van der Waals surface area (Å²) in [6.45, 7) is 4.56. The van der Waals surface area contributed by atoms with Crippen LogP contribution in [0.2, 0.25) is 0 Å². The van der Waals surface area contributed by atoms with Crippen LogP contribution < -0.4 is 10.6 Å². The van der Waals surface area contributed by atoms with Crippen LogP contribution in [0.15, 0.2) is 48.5 Å². The van der Waals surface area contributed by atoms with Gasteiger partial charge in [0.1, 0.15) is 0 Å². The van der Waals surface area contributed by atoms with E-state index in [2.05, 4.69) is 58.3 Å². The maximum atomic E-state index is 6.01. The highest BCUT2D eigenvalue weighted by Crippen LogP contribution is 2.40. The van der Waals surface area contributed by atoms with E-state index in [1.165, 1.54) is 43.6 Å². The summed E-state index contributed by atoms with van der Waals surface area (Å²) in [4.78, 5) is 5.15. The molecule has 0 radical (unpaired) electrons. The molecule has 0 saturated carbocycles. The summed E-state index contributed by atoms with van der Waals surface area (Å²) in [5.74, 6) is 0.608. The minimum atomic E-state index is 0.347. The van der Waals surface area contributed by atoms with Crippen LogP contribution in [0.4, 0.5) is 5.69 Å². The molecule has 0 bridgehead atoms. The van der Waals surface area contributed by atoms with Crippen LogP contribution in [0.1, 0.15) is 35.4 Å². The maximum absolute atomic E-state index is 6.01. The molecule has 2 saturated heterocycles. The lowest BCUT2D eigenvalue weighted by Crippen LogP contribution is -2.56. The number of hydrogen-bond donors (Lipinski definition) is 1. The molecule has 26 heavy (non-hydrogen) atoms. The first kappa shape index (κ1) is 16.3. The van der Waals surface area contributed by atoms with Crippen molar-refractivity contribution in [3.63, 3.8) is 0 Å². The minimum Gasteiger partial charge on any atom is -0.368 e. The Morgan fingerprint density at radius 2 is 1.81 bits per heavy atom. The second kappa shape index (κ2) is 6.71. The molecule has 2 aromatic carbocycles. The number of fused-ring (bicyclic) bond motifs is 1. The first-order chi connectivity index (χ1) is 12.8. The molecule has 5 rings (SSSR count). The Balaban J connectivity index is 1.48. The van der Waals surface area contributed by atoms with Crippen LogP contribution in [-0.2, 0) is 12.8 Å². The number of benzene rings is 2. The van der Waals surface area contributed by atoms with Crippen molar-refractivity contribution in [2.45, 2.75) is 43.7 Å². The Kier molecular flexibility index (Phi) is 4.22. The van der Waals surface area contributed by atoms with Gasteiger partial charge in [-0.15, -0.1) is 0 Å². The van der Waals surface area contributed by atoms with E-state index < -0.39 is 0 Å². The van der Waals surface area contributed by atoms with E-state index in [1.54, 1.807) is 11.1 Å². The Morgan fingerprint density at radius 3 is 2.50 bits per heavy atom. The molecule has 3 aliphatic rings. The highest BCUT2D eigenvalue weighted by atomic mass is 15.2. The van der Waals surface area contributed by atoms with Crippen LogP contribution in [0, 0.1) is 0 Å². The van der Waals surface area contributed by atoms with Gasteiger partial charge in [0.2, 0.25) is 0 Å². The van der Waals surface area contributed by atoms with Crippen molar-refractivity contribution in [2.75, 3.05) is 31.1 Å². The Morgan fingerprint density at radius 1 is 1.00 bits per heavy atom. The fourth-order valence-electron chi connectivity index (χ4n) is 5.01. The normalized spacial score (nSPS) is 26.1.